The summed E-state index contributed by atoms with van der Waals surface area (Å²) in [4.78, 5) is 36.5. The second-order valence-corrected chi connectivity index (χ2v) is 9.03. The Bertz CT molecular complexity index is 1800. The smallest absolute Gasteiger partial charge is 0.343 e. The molecule has 204 valence electrons. The minimum absolute atomic E-state index is 0.0173. The Labute approximate surface area is 237 Å². The Hall–Kier alpha value is -5.77. The first-order valence-electron chi connectivity index (χ1n) is 11.5. The molecule has 0 spiro atoms. The third-order valence-corrected chi connectivity index (χ3v) is 5.96. The lowest BCUT2D eigenvalue weighted by atomic mass is 10.1. The van der Waals surface area contributed by atoms with Crippen molar-refractivity contribution < 1.29 is 23.9 Å². The maximum atomic E-state index is 13.2. The molecule has 0 bridgehead atoms. The summed E-state index contributed by atoms with van der Waals surface area (Å²) in [5.74, 6) is -1.44. The van der Waals surface area contributed by atoms with Crippen molar-refractivity contribution in [2.75, 3.05) is 5.73 Å². The fourth-order valence-electron chi connectivity index (χ4n) is 3.61. The Morgan fingerprint density at radius 3 is 2.63 bits per heavy atom. The lowest BCUT2D eigenvalue weighted by Crippen LogP contribution is -2.19. The topological polar surface area (TPSA) is 207 Å². The largest absolute Gasteiger partial charge is 0.422 e. The molecule has 0 aliphatic heterocycles. The number of ether oxygens (including phenoxy) is 1. The van der Waals surface area contributed by atoms with Crippen molar-refractivity contribution in [2.45, 2.75) is 0 Å². The molecule has 1 amide bonds. The van der Waals surface area contributed by atoms with Gasteiger partial charge in [0, 0.05) is 27.7 Å². The Balaban J connectivity index is 1.44. The lowest BCUT2D eigenvalue weighted by Gasteiger charge is -2.08. The number of nitrogens with two attached hydrogens (primary N) is 1. The first kappa shape index (κ1) is 26.8. The average Bonchev–Trinajstić information content (AvgIpc) is 3.61. The van der Waals surface area contributed by atoms with Crippen molar-refractivity contribution in [3.63, 3.8) is 0 Å². The predicted octanol–water partition coefficient (Wildman–Crippen LogP) is 3.55. The van der Waals surface area contributed by atoms with E-state index >= 15 is 0 Å². The van der Waals surface area contributed by atoms with Crippen molar-refractivity contribution >= 4 is 45.5 Å². The highest BCUT2D eigenvalue weighted by Crippen LogP contribution is 2.29. The number of hydrazone groups is 1. The molecule has 3 aromatic carbocycles. The summed E-state index contributed by atoms with van der Waals surface area (Å²) < 4.78 is 11.9. The SMILES string of the molecule is Nc1nonc1-n1nnc(C(=O)N/N=C\c2cc(Br)ccc2OC(=O)c2ccccc2)c1-c1cccc([N+](=O)[O-])c1. The van der Waals surface area contributed by atoms with E-state index in [-0.39, 0.29) is 40.0 Å². The number of hydrogen-bond acceptors (Lipinski definition) is 12. The van der Waals surface area contributed by atoms with E-state index in [4.69, 9.17) is 10.5 Å². The normalized spacial score (nSPS) is 11.0. The third kappa shape index (κ3) is 5.81. The lowest BCUT2D eigenvalue weighted by molar-refractivity contribution is -0.384. The molecule has 5 rings (SSSR count). The number of rotatable bonds is 8. The van der Waals surface area contributed by atoms with Gasteiger partial charge in [0.1, 0.15) is 11.4 Å². The molecule has 0 fully saturated rings. The van der Waals surface area contributed by atoms with E-state index in [1.165, 1.54) is 30.5 Å². The number of non-ortho nitro benzene ring substituents is 1. The van der Waals surface area contributed by atoms with Crippen LogP contribution < -0.4 is 15.9 Å². The van der Waals surface area contributed by atoms with Gasteiger partial charge in [0.15, 0.2) is 5.69 Å². The van der Waals surface area contributed by atoms with E-state index in [9.17, 15) is 19.7 Å². The number of carbonyl (C=O) groups excluding carboxylic acids is 2. The number of nitro groups is 1. The molecule has 0 aliphatic carbocycles. The Morgan fingerprint density at radius 2 is 1.90 bits per heavy atom. The number of amides is 1. The van der Waals surface area contributed by atoms with Gasteiger partial charge >= 0.3 is 5.97 Å². The van der Waals surface area contributed by atoms with Crippen LogP contribution in [0.15, 0.2) is 87.0 Å². The van der Waals surface area contributed by atoms with Crippen LogP contribution in [-0.2, 0) is 0 Å². The maximum Gasteiger partial charge on any atom is 0.343 e. The zero-order valence-electron chi connectivity index (χ0n) is 20.5. The summed E-state index contributed by atoms with van der Waals surface area (Å²) in [5, 5.41) is 30.3. The van der Waals surface area contributed by atoms with Crippen LogP contribution in [0.3, 0.4) is 0 Å². The third-order valence-electron chi connectivity index (χ3n) is 5.47. The number of nitrogens with one attached hydrogen (secondary N) is 1. The van der Waals surface area contributed by atoms with Crippen LogP contribution in [0.25, 0.3) is 17.1 Å². The summed E-state index contributed by atoms with van der Waals surface area (Å²) in [7, 11) is 0. The van der Waals surface area contributed by atoms with Crippen molar-refractivity contribution in [3.8, 4) is 22.8 Å². The second-order valence-electron chi connectivity index (χ2n) is 8.12. The highest BCUT2D eigenvalue weighted by atomic mass is 79.9. The number of carbonyl (C=O) groups is 2. The van der Waals surface area contributed by atoms with Gasteiger partial charge in [-0.1, -0.05) is 51.5 Å². The second kappa shape index (κ2) is 11.5. The number of esters is 1. The zero-order valence-corrected chi connectivity index (χ0v) is 22.1. The van der Waals surface area contributed by atoms with E-state index in [0.29, 0.717) is 15.6 Å². The zero-order chi connectivity index (χ0) is 28.9. The first-order valence-corrected chi connectivity index (χ1v) is 12.3. The van der Waals surface area contributed by atoms with E-state index in [0.717, 1.165) is 4.68 Å². The van der Waals surface area contributed by atoms with Gasteiger partial charge in [0.25, 0.3) is 11.6 Å². The predicted molar refractivity (Wildman–Crippen MR) is 146 cm³/mol. The number of benzene rings is 3. The summed E-state index contributed by atoms with van der Waals surface area (Å²) in [5.41, 5.74) is 8.59. The van der Waals surface area contributed by atoms with Crippen LogP contribution >= 0.6 is 15.9 Å². The van der Waals surface area contributed by atoms with Crippen molar-refractivity contribution in [1.29, 1.82) is 0 Å². The van der Waals surface area contributed by atoms with E-state index in [2.05, 4.69) is 51.7 Å². The van der Waals surface area contributed by atoms with Gasteiger partial charge < -0.3 is 10.5 Å². The molecule has 0 saturated heterocycles. The van der Waals surface area contributed by atoms with Crippen LogP contribution in [0, 0.1) is 10.1 Å². The molecule has 0 saturated carbocycles. The van der Waals surface area contributed by atoms with Crippen molar-refractivity contribution in [2.24, 2.45) is 5.10 Å². The first-order chi connectivity index (χ1) is 19.8. The highest BCUT2D eigenvalue weighted by molar-refractivity contribution is 9.10. The minimum atomic E-state index is -0.818. The fourth-order valence-corrected chi connectivity index (χ4v) is 3.99. The fraction of sp³-hybridized carbons (Fsp3) is 0. The number of halogens is 1. The van der Waals surface area contributed by atoms with E-state index < -0.39 is 16.8 Å². The number of nitrogens with zero attached hydrogens (tertiary/aromatic N) is 7. The van der Waals surface area contributed by atoms with Gasteiger partial charge in [-0.05, 0) is 40.6 Å². The Kier molecular flexibility index (Phi) is 7.55. The quantitative estimate of drug-likeness (QED) is 0.0845. The summed E-state index contributed by atoms with van der Waals surface area (Å²) in [6.07, 6.45) is 1.27. The molecular formula is C25H16BrN9O6. The highest BCUT2D eigenvalue weighted by Gasteiger charge is 2.26. The molecule has 5 aromatic rings. The summed E-state index contributed by atoms with van der Waals surface area (Å²) in [6.45, 7) is 0. The molecule has 0 radical (unpaired) electrons. The van der Waals surface area contributed by atoms with Crippen LogP contribution in [0.5, 0.6) is 5.75 Å². The standard InChI is InChI=1S/C25H16BrN9O6/c26-17-9-10-19(40-25(37)14-5-2-1-3-6-14)16(11-17)13-28-30-24(36)20-21(15-7-4-8-18(12-15)35(38)39)34(33-29-20)23-22(27)31-41-32-23/h1-13H,(H2,27,31)(H,30,36)/b28-13-. The van der Waals surface area contributed by atoms with Crippen molar-refractivity contribution in [1.82, 2.24) is 30.7 Å². The molecule has 16 heteroatoms. The molecule has 41 heavy (non-hydrogen) atoms. The molecule has 3 N–H and O–H groups in total. The van der Waals surface area contributed by atoms with Gasteiger partial charge in [0.05, 0.1) is 16.7 Å². The number of nitrogen functional groups attached to an aromatic ring is 1. The molecule has 0 atom stereocenters. The number of nitro benzene ring substituents is 1. The number of anilines is 1. The molecule has 0 unspecified atom stereocenters. The van der Waals surface area contributed by atoms with E-state index in [1.54, 1.807) is 48.5 Å². The molecule has 2 aromatic heterocycles. The number of hydrogen-bond donors (Lipinski definition) is 2. The molecule has 2 heterocycles. The molecule has 0 aliphatic rings. The van der Waals surface area contributed by atoms with Gasteiger partial charge in [-0.25, -0.2) is 14.8 Å². The van der Waals surface area contributed by atoms with Crippen LogP contribution in [0.2, 0.25) is 0 Å². The molecular weight excluding hydrogens is 602 g/mol. The molecule has 15 nitrogen and oxygen atoms in total. The van der Waals surface area contributed by atoms with E-state index in [1.807, 2.05) is 0 Å². The maximum absolute atomic E-state index is 13.2. The van der Waals surface area contributed by atoms with Gasteiger partial charge in [0.2, 0.25) is 11.6 Å². The minimum Gasteiger partial charge on any atom is -0.422 e. The van der Waals surface area contributed by atoms with Crippen molar-refractivity contribution in [3.05, 3.63) is 104 Å². The van der Waals surface area contributed by atoms with Gasteiger partial charge in [-0.2, -0.15) is 9.78 Å². The van der Waals surface area contributed by atoms with Gasteiger partial charge in [-0.3, -0.25) is 14.9 Å². The van der Waals surface area contributed by atoms with Crippen LogP contribution in [0.4, 0.5) is 11.5 Å². The number of aromatic nitrogens is 5. The van der Waals surface area contributed by atoms with Crippen LogP contribution in [-0.4, -0.2) is 48.3 Å². The Morgan fingerprint density at radius 1 is 1.10 bits per heavy atom. The van der Waals surface area contributed by atoms with Crippen LogP contribution in [0.1, 0.15) is 26.4 Å². The van der Waals surface area contributed by atoms with Gasteiger partial charge in [-0.15, -0.1) is 5.10 Å². The summed E-state index contributed by atoms with van der Waals surface area (Å²) in [6, 6.07) is 18.8. The monoisotopic (exact) mass is 617 g/mol. The summed E-state index contributed by atoms with van der Waals surface area (Å²) >= 11 is 3.36. The average molecular weight is 618 g/mol.